The molecular formula is C13H24BNO. The first kappa shape index (κ1) is 13.3. The van der Waals surface area contributed by atoms with Gasteiger partial charge in [0, 0.05) is 13.1 Å². The van der Waals surface area contributed by atoms with E-state index in [-0.39, 0.29) is 5.91 Å². The predicted octanol–water partition coefficient (Wildman–Crippen LogP) is 2.63. The third-order valence-corrected chi connectivity index (χ3v) is 3.58. The Morgan fingerprint density at radius 3 is 2.69 bits per heavy atom. The molecule has 3 heteroatoms. The average molecular weight is 221 g/mol. The molecule has 0 aromatic rings. The van der Waals surface area contributed by atoms with Crippen molar-refractivity contribution in [2.75, 3.05) is 13.1 Å². The van der Waals surface area contributed by atoms with Gasteiger partial charge in [0.05, 0.1) is 0 Å². The van der Waals surface area contributed by atoms with Crippen LogP contribution >= 0.6 is 0 Å². The fraction of sp³-hybridized carbons (Fsp3) is 0.769. The summed E-state index contributed by atoms with van der Waals surface area (Å²) in [6.07, 6.45) is 4.94. The molecule has 0 aromatic heterocycles. The van der Waals surface area contributed by atoms with Crippen LogP contribution < -0.4 is 0 Å². The van der Waals surface area contributed by atoms with Crippen molar-refractivity contribution < 1.29 is 4.79 Å². The van der Waals surface area contributed by atoms with Crippen molar-refractivity contribution in [2.45, 2.75) is 51.2 Å². The summed E-state index contributed by atoms with van der Waals surface area (Å²) in [4.78, 5) is 13.5. The molecule has 0 radical (unpaired) electrons. The SMILES string of the molecule is C=CC(=O)N1CCCC(C)(BC(C)C)CC1. The first-order valence-electron chi connectivity index (χ1n) is 6.38. The predicted molar refractivity (Wildman–Crippen MR) is 71.2 cm³/mol. The van der Waals surface area contributed by atoms with E-state index in [1.165, 1.54) is 19.8 Å². The number of hydrogen-bond donors (Lipinski definition) is 0. The van der Waals surface area contributed by atoms with Crippen LogP contribution in [0.25, 0.3) is 0 Å². The van der Waals surface area contributed by atoms with E-state index in [0.29, 0.717) is 5.31 Å². The van der Waals surface area contributed by atoms with Gasteiger partial charge in [0.2, 0.25) is 5.91 Å². The summed E-state index contributed by atoms with van der Waals surface area (Å²) in [5, 5.41) is 0.421. The molecule has 2 nitrogen and oxygen atoms in total. The Bertz CT molecular complexity index is 265. The van der Waals surface area contributed by atoms with Crippen molar-refractivity contribution in [3.8, 4) is 0 Å². The van der Waals surface area contributed by atoms with Gasteiger partial charge in [-0.1, -0.05) is 44.9 Å². The van der Waals surface area contributed by atoms with Crippen molar-refractivity contribution in [1.82, 2.24) is 4.90 Å². The molecule has 1 amide bonds. The number of nitrogens with zero attached hydrogens (tertiary/aromatic N) is 1. The molecule has 1 aliphatic heterocycles. The summed E-state index contributed by atoms with van der Waals surface area (Å²) in [5.41, 5.74) is 0. The van der Waals surface area contributed by atoms with Crippen LogP contribution in [0.1, 0.15) is 40.0 Å². The van der Waals surface area contributed by atoms with Gasteiger partial charge in [-0.2, -0.15) is 0 Å². The highest BCUT2D eigenvalue weighted by Gasteiger charge is 2.30. The first-order valence-corrected chi connectivity index (χ1v) is 6.38. The highest BCUT2D eigenvalue weighted by molar-refractivity contribution is 6.41. The molecule has 0 spiro atoms. The van der Waals surface area contributed by atoms with Crippen LogP contribution in [0.4, 0.5) is 0 Å². The second-order valence-corrected chi connectivity index (χ2v) is 5.79. The number of amides is 1. The molecule has 1 fully saturated rings. The summed E-state index contributed by atoms with van der Waals surface area (Å²) in [6, 6.07) is 0. The fourth-order valence-corrected chi connectivity index (χ4v) is 2.88. The zero-order valence-corrected chi connectivity index (χ0v) is 11.0. The molecule has 0 aliphatic carbocycles. The smallest absolute Gasteiger partial charge is 0.245 e. The number of hydrogen-bond acceptors (Lipinski definition) is 1. The third-order valence-electron chi connectivity index (χ3n) is 3.58. The Morgan fingerprint density at radius 2 is 2.12 bits per heavy atom. The van der Waals surface area contributed by atoms with Crippen molar-refractivity contribution in [1.29, 1.82) is 0 Å². The van der Waals surface area contributed by atoms with Crippen molar-refractivity contribution in [3.05, 3.63) is 12.7 Å². The van der Waals surface area contributed by atoms with Crippen molar-refractivity contribution in [3.63, 3.8) is 0 Å². The molecule has 1 aliphatic rings. The minimum Gasteiger partial charge on any atom is -0.339 e. The van der Waals surface area contributed by atoms with Crippen LogP contribution in [0.5, 0.6) is 0 Å². The summed E-state index contributed by atoms with van der Waals surface area (Å²) < 4.78 is 0. The highest BCUT2D eigenvalue weighted by Crippen LogP contribution is 2.39. The minimum atomic E-state index is 0.0915. The van der Waals surface area contributed by atoms with Crippen LogP contribution in [0.15, 0.2) is 12.7 Å². The van der Waals surface area contributed by atoms with Gasteiger partial charge < -0.3 is 4.90 Å². The number of likely N-dealkylation sites (tertiary alicyclic amines) is 1. The monoisotopic (exact) mass is 221 g/mol. The quantitative estimate of drug-likeness (QED) is 0.530. The molecule has 1 heterocycles. The van der Waals surface area contributed by atoms with Gasteiger partial charge in [0.15, 0.2) is 0 Å². The molecule has 0 N–H and O–H groups in total. The van der Waals surface area contributed by atoms with E-state index in [9.17, 15) is 4.79 Å². The Kier molecular flexibility index (Phi) is 4.63. The normalized spacial score (nSPS) is 26.4. The lowest BCUT2D eigenvalue weighted by Gasteiger charge is -2.29. The Labute approximate surface area is 100 Å². The van der Waals surface area contributed by atoms with Gasteiger partial charge in [-0.05, 0) is 18.9 Å². The largest absolute Gasteiger partial charge is 0.339 e. The Balaban J connectivity index is 2.57. The van der Waals surface area contributed by atoms with Crippen LogP contribution in [0.2, 0.25) is 11.1 Å². The maximum atomic E-state index is 11.6. The van der Waals surface area contributed by atoms with E-state index in [1.54, 1.807) is 0 Å². The standard InChI is InChI=1S/C13H24BNO/c1-5-12(16)15-9-6-7-13(4,8-10-15)14-11(2)3/h5,11,14H,1,6-10H2,2-4H3. The molecular weight excluding hydrogens is 197 g/mol. The van der Waals surface area contributed by atoms with Crippen molar-refractivity contribution >= 4 is 13.2 Å². The molecule has 0 aromatic carbocycles. The van der Waals surface area contributed by atoms with Gasteiger partial charge in [-0.15, -0.1) is 0 Å². The van der Waals surface area contributed by atoms with E-state index in [2.05, 4.69) is 27.4 Å². The fourth-order valence-electron chi connectivity index (χ4n) is 2.88. The summed E-state index contributed by atoms with van der Waals surface area (Å²) in [7, 11) is 1.27. The highest BCUT2D eigenvalue weighted by atomic mass is 16.2. The van der Waals surface area contributed by atoms with E-state index in [0.717, 1.165) is 31.7 Å². The van der Waals surface area contributed by atoms with Gasteiger partial charge in [-0.3, -0.25) is 4.79 Å². The third kappa shape index (κ3) is 3.69. The van der Waals surface area contributed by atoms with Crippen LogP contribution in [-0.4, -0.2) is 31.2 Å². The van der Waals surface area contributed by atoms with E-state index < -0.39 is 0 Å². The lowest BCUT2D eigenvalue weighted by atomic mass is 9.45. The lowest BCUT2D eigenvalue weighted by Crippen LogP contribution is -2.31. The molecule has 1 atom stereocenters. The number of carbonyl (C=O) groups excluding carboxylic acids is 1. The Hall–Kier alpha value is -0.725. The second-order valence-electron chi connectivity index (χ2n) is 5.79. The minimum absolute atomic E-state index is 0.0915. The molecule has 1 rings (SSSR count). The van der Waals surface area contributed by atoms with Gasteiger partial charge in [0.25, 0.3) is 0 Å². The van der Waals surface area contributed by atoms with Gasteiger partial charge >= 0.3 is 0 Å². The maximum Gasteiger partial charge on any atom is 0.245 e. The first-order chi connectivity index (χ1) is 7.47. The average Bonchev–Trinajstić information content (AvgIpc) is 2.38. The van der Waals surface area contributed by atoms with Crippen LogP contribution in [0.3, 0.4) is 0 Å². The van der Waals surface area contributed by atoms with Gasteiger partial charge in [-0.25, -0.2) is 0 Å². The van der Waals surface area contributed by atoms with E-state index >= 15 is 0 Å². The maximum absolute atomic E-state index is 11.6. The molecule has 1 saturated heterocycles. The molecule has 16 heavy (non-hydrogen) atoms. The van der Waals surface area contributed by atoms with Crippen LogP contribution in [-0.2, 0) is 4.79 Å². The molecule has 0 bridgehead atoms. The van der Waals surface area contributed by atoms with Gasteiger partial charge in [0.1, 0.15) is 7.28 Å². The number of carbonyl (C=O) groups is 1. The summed E-state index contributed by atoms with van der Waals surface area (Å²) in [5.74, 6) is 0.834. The number of rotatable bonds is 3. The van der Waals surface area contributed by atoms with E-state index in [4.69, 9.17) is 0 Å². The molecule has 1 unspecified atom stereocenters. The molecule has 0 saturated carbocycles. The zero-order chi connectivity index (χ0) is 12.2. The summed E-state index contributed by atoms with van der Waals surface area (Å²) >= 11 is 0. The second kappa shape index (κ2) is 5.56. The lowest BCUT2D eigenvalue weighted by molar-refractivity contribution is -0.125. The van der Waals surface area contributed by atoms with Crippen molar-refractivity contribution in [2.24, 2.45) is 0 Å². The van der Waals surface area contributed by atoms with E-state index in [1.807, 2.05) is 4.90 Å². The zero-order valence-electron chi connectivity index (χ0n) is 11.0. The topological polar surface area (TPSA) is 20.3 Å². The van der Waals surface area contributed by atoms with Crippen LogP contribution in [0, 0.1) is 0 Å². The summed E-state index contributed by atoms with van der Waals surface area (Å²) in [6.45, 7) is 12.3. The Morgan fingerprint density at radius 1 is 1.44 bits per heavy atom. The molecule has 90 valence electrons.